The quantitative estimate of drug-likeness (QED) is 0.511. The van der Waals surface area contributed by atoms with Crippen LogP contribution in [0.1, 0.15) is 26.7 Å². The van der Waals surface area contributed by atoms with E-state index in [1.807, 2.05) is 0 Å². The molecule has 0 amide bonds. The lowest BCUT2D eigenvalue weighted by Gasteiger charge is -2.13. The molecular formula is C10H16. The summed E-state index contributed by atoms with van der Waals surface area (Å²) in [6.07, 6.45) is 11.8. The van der Waals surface area contributed by atoms with Crippen LogP contribution in [0.5, 0.6) is 0 Å². The van der Waals surface area contributed by atoms with Crippen LogP contribution in [0.15, 0.2) is 24.3 Å². The summed E-state index contributed by atoms with van der Waals surface area (Å²) < 4.78 is 0. The molecule has 56 valence electrons. The molecule has 0 fully saturated rings. The molecule has 10 heavy (non-hydrogen) atoms. The van der Waals surface area contributed by atoms with Crippen LogP contribution in [0.2, 0.25) is 0 Å². The van der Waals surface area contributed by atoms with Gasteiger partial charge in [-0.05, 0) is 24.7 Å². The molecule has 0 heteroatoms. The summed E-state index contributed by atoms with van der Waals surface area (Å²) in [5.41, 5.74) is 0. The number of hydrogen-bond donors (Lipinski definition) is 0. The zero-order chi connectivity index (χ0) is 7.40. The number of allylic oxidation sites excluding steroid dienone is 4. The second-order valence-corrected chi connectivity index (χ2v) is 2.91. The van der Waals surface area contributed by atoms with E-state index in [1.54, 1.807) is 0 Å². The summed E-state index contributed by atoms with van der Waals surface area (Å²) in [5, 5.41) is 0. The SMILES string of the molecule is CCC1C=CC(CC)C=C1. The lowest BCUT2D eigenvalue weighted by atomic mass is 9.93. The molecule has 1 aliphatic rings. The maximum atomic E-state index is 2.33. The molecule has 0 unspecified atom stereocenters. The molecule has 0 aromatic carbocycles. The molecule has 0 N–H and O–H groups in total. The van der Waals surface area contributed by atoms with Gasteiger partial charge < -0.3 is 0 Å². The highest BCUT2D eigenvalue weighted by Gasteiger charge is 2.04. The smallest absolute Gasteiger partial charge is 0.00557 e. The first kappa shape index (κ1) is 7.59. The lowest BCUT2D eigenvalue weighted by molar-refractivity contribution is 0.693. The van der Waals surface area contributed by atoms with Crippen molar-refractivity contribution < 1.29 is 0 Å². The molecule has 0 aliphatic heterocycles. The Morgan fingerprint density at radius 1 is 0.800 bits per heavy atom. The summed E-state index contributed by atoms with van der Waals surface area (Å²) in [6, 6.07) is 0. The van der Waals surface area contributed by atoms with E-state index in [4.69, 9.17) is 0 Å². The molecule has 0 aromatic heterocycles. The first-order valence-electron chi connectivity index (χ1n) is 4.23. The molecule has 1 aliphatic carbocycles. The maximum Gasteiger partial charge on any atom is -0.00557 e. The van der Waals surface area contributed by atoms with Crippen LogP contribution in [0.25, 0.3) is 0 Å². The minimum absolute atomic E-state index is 0.711. The van der Waals surface area contributed by atoms with E-state index in [9.17, 15) is 0 Å². The van der Waals surface area contributed by atoms with Crippen molar-refractivity contribution in [2.45, 2.75) is 26.7 Å². The Labute approximate surface area is 63.6 Å². The van der Waals surface area contributed by atoms with E-state index < -0.39 is 0 Å². The van der Waals surface area contributed by atoms with Gasteiger partial charge in [-0.25, -0.2) is 0 Å². The van der Waals surface area contributed by atoms with Crippen molar-refractivity contribution in [3.63, 3.8) is 0 Å². The van der Waals surface area contributed by atoms with Crippen molar-refractivity contribution in [3.05, 3.63) is 24.3 Å². The summed E-state index contributed by atoms with van der Waals surface area (Å²) in [6.45, 7) is 4.46. The van der Waals surface area contributed by atoms with E-state index in [0.717, 1.165) is 0 Å². The van der Waals surface area contributed by atoms with Crippen molar-refractivity contribution >= 4 is 0 Å². The molecule has 0 saturated carbocycles. The molecule has 0 spiro atoms. The largest absolute Gasteiger partial charge is 0.0810 e. The van der Waals surface area contributed by atoms with Crippen LogP contribution < -0.4 is 0 Å². The van der Waals surface area contributed by atoms with Crippen LogP contribution in [0, 0.1) is 11.8 Å². The van der Waals surface area contributed by atoms with Gasteiger partial charge in [-0.15, -0.1) is 0 Å². The third kappa shape index (κ3) is 1.73. The van der Waals surface area contributed by atoms with Gasteiger partial charge in [-0.2, -0.15) is 0 Å². The van der Waals surface area contributed by atoms with Crippen LogP contribution in [0.3, 0.4) is 0 Å². The normalized spacial score (nSPS) is 31.0. The highest BCUT2D eigenvalue weighted by atomic mass is 14.1. The Bertz CT molecular complexity index is 112. The fraction of sp³-hybridized carbons (Fsp3) is 0.600. The second kappa shape index (κ2) is 3.60. The van der Waals surface area contributed by atoms with Gasteiger partial charge in [0, 0.05) is 0 Å². The van der Waals surface area contributed by atoms with Crippen LogP contribution in [0.4, 0.5) is 0 Å². The standard InChI is InChI=1S/C10H16/c1-3-9-5-7-10(4-2)8-6-9/h5-10H,3-4H2,1-2H3. The van der Waals surface area contributed by atoms with Crippen molar-refractivity contribution in [2.24, 2.45) is 11.8 Å². The number of hydrogen-bond acceptors (Lipinski definition) is 0. The Kier molecular flexibility index (Phi) is 2.73. The molecule has 1 rings (SSSR count). The minimum atomic E-state index is 0.711. The van der Waals surface area contributed by atoms with Gasteiger partial charge in [0.2, 0.25) is 0 Å². The Balaban J connectivity index is 2.45. The fourth-order valence-corrected chi connectivity index (χ4v) is 1.24. The fourth-order valence-electron chi connectivity index (χ4n) is 1.24. The van der Waals surface area contributed by atoms with Crippen LogP contribution >= 0.6 is 0 Å². The van der Waals surface area contributed by atoms with E-state index in [-0.39, 0.29) is 0 Å². The summed E-state index contributed by atoms with van der Waals surface area (Å²) in [7, 11) is 0. The summed E-state index contributed by atoms with van der Waals surface area (Å²) in [5.74, 6) is 1.42. The predicted octanol–water partition coefficient (Wildman–Crippen LogP) is 3.16. The van der Waals surface area contributed by atoms with Gasteiger partial charge in [0.15, 0.2) is 0 Å². The number of rotatable bonds is 2. The van der Waals surface area contributed by atoms with Gasteiger partial charge in [-0.1, -0.05) is 38.2 Å². The van der Waals surface area contributed by atoms with Gasteiger partial charge in [0.25, 0.3) is 0 Å². The average molecular weight is 136 g/mol. The summed E-state index contributed by atoms with van der Waals surface area (Å²) >= 11 is 0. The van der Waals surface area contributed by atoms with E-state index in [2.05, 4.69) is 38.2 Å². The van der Waals surface area contributed by atoms with Crippen LogP contribution in [-0.2, 0) is 0 Å². The van der Waals surface area contributed by atoms with Crippen molar-refractivity contribution in [3.8, 4) is 0 Å². The molecule has 0 radical (unpaired) electrons. The Morgan fingerprint density at radius 2 is 1.10 bits per heavy atom. The second-order valence-electron chi connectivity index (χ2n) is 2.91. The summed E-state index contributed by atoms with van der Waals surface area (Å²) in [4.78, 5) is 0. The minimum Gasteiger partial charge on any atom is -0.0810 e. The third-order valence-electron chi connectivity index (χ3n) is 2.15. The monoisotopic (exact) mass is 136 g/mol. The van der Waals surface area contributed by atoms with E-state index in [0.29, 0.717) is 11.8 Å². The molecule has 0 nitrogen and oxygen atoms in total. The first-order chi connectivity index (χ1) is 4.86. The maximum absolute atomic E-state index is 2.33. The molecule has 0 heterocycles. The Morgan fingerprint density at radius 3 is 1.30 bits per heavy atom. The molecule has 0 atom stereocenters. The van der Waals surface area contributed by atoms with Crippen molar-refractivity contribution in [2.75, 3.05) is 0 Å². The Hall–Kier alpha value is -0.520. The topological polar surface area (TPSA) is 0 Å². The molecule has 0 aromatic rings. The van der Waals surface area contributed by atoms with Gasteiger partial charge >= 0.3 is 0 Å². The van der Waals surface area contributed by atoms with Crippen LogP contribution in [-0.4, -0.2) is 0 Å². The highest BCUT2D eigenvalue weighted by molar-refractivity contribution is 5.12. The zero-order valence-corrected chi connectivity index (χ0v) is 6.88. The van der Waals surface area contributed by atoms with Gasteiger partial charge in [0.05, 0.1) is 0 Å². The van der Waals surface area contributed by atoms with Gasteiger partial charge in [0.1, 0.15) is 0 Å². The molecule has 0 saturated heterocycles. The lowest BCUT2D eigenvalue weighted by Crippen LogP contribution is -1.99. The molecule has 0 bridgehead atoms. The third-order valence-corrected chi connectivity index (χ3v) is 2.15. The van der Waals surface area contributed by atoms with Crippen molar-refractivity contribution in [1.29, 1.82) is 0 Å². The van der Waals surface area contributed by atoms with Gasteiger partial charge in [-0.3, -0.25) is 0 Å². The highest BCUT2D eigenvalue weighted by Crippen LogP contribution is 2.18. The van der Waals surface area contributed by atoms with Crippen molar-refractivity contribution in [1.82, 2.24) is 0 Å². The zero-order valence-electron chi connectivity index (χ0n) is 6.88. The first-order valence-corrected chi connectivity index (χ1v) is 4.23. The predicted molar refractivity (Wildman–Crippen MR) is 45.8 cm³/mol. The average Bonchev–Trinajstić information content (AvgIpc) is 2.05. The van der Waals surface area contributed by atoms with E-state index in [1.165, 1.54) is 12.8 Å². The molecular weight excluding hydrogens is 120 g/mol. The van der Waals surface area contributed by atoms with E-state index >= 15 is 0 Å².